The summed E-state index contributed by atoms with van der Waals surface area (Å²) < 4.78 is 15.6. The van der Waals surface area contributed by atoms with Gasteiger partial charge in [-0.1, -0.05) is 11.6 Å². The number of amides is 1. The molecule has 1 saturated heterocycles. The monoisotopic (exact) mass is 299 g/mol. The van der Waals surface area contributed by atoms with E-state index < -0.39 is 0 Å². The molecule has 1 aromatic carbocycles. The molecule has 1 amide bonds. The van der Waals surface area contributed by atoms with Gasteiger partial charge in [-0.2, -0.15) is 0 Å². The van der Waals surface area contributed by atoms with E-state index in [0.717, 1.165) is 12.8 Å². The van der Waals surface area contributed by atoms with Crippen molar-refractivity contribution in [1.82, 2.24) is 0 Å². The van der Waals surface area contributed by atoms with Gasteiger partial charge in [-0.05, 0) is 18.9 Å². The zero-order valence-electron chi connectivity index (χ0n) is 11.6. The summed E-state index contributed by atoms with van der Waals surface area (Å²) in [6, 6.07) is 3.29. The highest BCUT2D eigenvalue weighted by Crippen LogP contribution is 2.36. The van der Waals surface area contributed by atoms with Gasteiger partial charge in [0.15, 0.2) is 0 Å². The number of carbonyl (C=O) groups excluding carboxylic acids is 1. The van der Waals surface area contributed by atoms with Gasteiger partial charge in [0.1, 0.15) is 11.5 Å². The molecule has 0 bridgehead atoms. The molecule has 110 valence electrons. The molecule has 5 nitrogen and oxygen atoms in total. The molecular weight excluding hydrogens is 282 g/mol. The maximum Gasteiger partial charge on any atom is 0.227 e. The van der Waals surface area contributed by atoms with Gasteiger partial charge in [-0.3, -0.25) is 4.79 Å². The van der Waals surface area contributed by atoms with Crippen molar-refractivity contribution in [1.29, 1.82) is 0 Å². The van der Waals surface area contributed by atoms with Crippen LogP contribution in [0.25, 0.3) is 0 Å². The molecule has 1 N–H and O–H groups in total. The number of hydrogen-bond donors (Lipinski definition) is 1. The predicted octanol–water partition coefficient (Wildman–Crippen LogP) is 2.72. The van der Waals surface area contributed by atoms with Gasteiger partial charge in [0.2, 0.25) is 5.91 Å². The third-order valence-electron chi connectivity index (χ3n) is 3.32. The van der Waals surface area contributed by atoms with Crippen LogP contribution >= 0.6 is 11.6 Å². The first-order valence-electron chi connectivity index (χ1n) is 6.46. The molecule has 20 heavy (non-hydrogen) atoms. The second kappa shape index (κ2) is 6.81. The summed E-state index contributed by atoms with van der Waals surface area (Å²) in [5, 5.41) is 3.29. The fraction of sp³-hybridized carbons (Fsp3) is 0.500. The first-order valence-corrected chi connectivity index (χ1v) is 6.83. The number of rotatable bonds is 4. The first-order chi connectivity index (χ1) is 9.65. The van der Waals surface area contributed by atoms with E-state index in [9.17, 15) is 4.79 Å². The van der Waals surface area contributed by atoms with E-state index in [1.54, 1.807) is 12.1 Å². The maximum absolute atomic E-state index is 12.2. The van der Waals surface area contributed by atoms with Crippen LogP contribution in [0.1, 0.15) is 12.8 Å². The van der Waals surface area contributed by atoms with Crippen molar-refractivity contribution < 1.29 is 19.0 Å². The molecule has 1 heterocycles. The van der Waals surface area contributed by atoms with Crippen molar-refractivity contribution in [3.05, 3.63) is 17.2 Å². The molecule has 0 unspecified atom stereocenters. The Morgan fingerprint density at radius 3 is 2.50 bits per heavy atom. The van der Waals surface area contributed by atoms with Gasteiger partial charge in [-0.25, -0.2) is 0 Å². The molecule has 1 aliphatic rings. The van der Waals surface area contributed by atoms with Crippen LogP contribution in [0.15, 0.2) is 12.1 Å². The molecule has 0 aromatic heterocycles. The van der Waals surface area contributed by atoms with Crippen molar-refractivity contribution in [2.45, 2.75) is 12.8 Å². The minimum Gasteiger partial charge on any atom is -0.495 e. The zero-order valence-corrected chi connectivity index (χ0v) is 12.3. The molecule has 1 fully saturated rings. The molecule has 1 aromatic rings. The Morgan fingerprint density at radius 1 is 1.25 bits per heavy atom. The second-order valence-electron chi connectivity index (χ2n) is 4.56. The van der Waals surface area contributed by atoms with Crippen LogP contribution in [0.3, 0.4) is 0 Å². The van der Waals surface area contributed by atoms with Gasteiger partial charge in [0, 0.05) is 25.2 Å². The third kappa shape index (κ3) is 3.35. The highest BCUT2D eigenvalue weighted by atomic mass is 35.5. The zero-order chi connectivity index (χ0) is 14.5. The summed E-state index contributed by atoms with van der Waals surface area (Å²) in [5.74, 6) is 0.960. The number of ether oxygens (including phenoxy) is 3. The van der Waals surface area contributed by atoms with Crippen LogP contribution in [0.4, 0.5) is 5.69 Å². The van der Waals surface area contributed by atoms with E-state index in [2.05, 4.69) is 5.32 Å². The van der Waals surface area contributed by atoms with Crippen LogP contribution in [-0.4, -0.2) is 33.3 Å². The number of halogens is 1. The van der Waals surface area contributed by atoms with E-state index in [0.29, 0.717) is 35.4 Å². The summed E-state index contributed by atoms with van der Waals surface area (Å²) in [6.45, 7) is 1.25. The predicted molar refractivity (Wildman–Crippen MR) is 76.7 cm³/mol. The average Bonchev–Trinajstić information content (AvgIpc) is 2.48. The quantitative estimate of drug-likeness (QED) is 0.929. The van der Waals surface area contributed by atoms with Crippen LogP contribution < -0.4 is 14.8 Å². The van der Waals surface area contributed by atoms with E-state index in [-0.39, 0.29) is 11.8 Å². The molecule has 0 aliphatic carbocycles. The van der Waals surface area contributed by atoms with Crippen molar-refractivity contribution >= 4 is 23.2 Å². The Balaban J connectivity index is 2.15. The number of methoxy groups -OCH3 is 2. The molecular formula is C14H18ClNO4. The fourth-order valence-corrected chi connectivity index (χ4v) is 2.39. The Bertz CT molecular complexity index is 486. The molecule has 1 aliphatic heterocycles. The van der Waals surface area contributed by atoms with Crippen molar-refractivity contribution in [2.24, 2.45) is 5.92 Å². The number of anilines is 1. The lowest BCUT2D eigenvalue weighted by Gasteiger charge is -2.22. The van der Waals surface area contributed by atoms with E-state index in [1.165, 1.54) is 14.2 Å². The third-order valence-corrected chi connectivity index (χ3v) is 3.62. The van der Waals surface area contributed by atoms with Crippen LogP contribution in [0.5, 0.6) is 11.5 Å². The number of nitrogens with one attached hydrogen (secondary N) is 1. The summed E-state index contributed by atoms with van der Waals surface area (Å²) >= 11 is 6.08. The van der Waals surface area contributed by atoms with Crippen molar-refractivity contribution in [2.75, 3.05) is 32.8 Å². The van der Waals surface area contributed by atoms with Gasteiger partial charge < -0.3 is 19.5 Å². The Morgan fingerprint density at radius 2 is 1.90 bits per heavy atom. The van der Waals surface area contributed by atoms with Crippen LogP contribution in [0, 0.1) is 5.92 Å². The average molecular weight is 300 g/mol. The van der Waals surface area contributed by atoms with Crippen molar-refractivity contribution in [3.8, 4) is 11.5 Å². The van der Waals surface area contributed by atoms with Gasteiger partial charge in [0.25, 0.3) is 0 Å². The molecule has 2 rings (SSSR count). The molecule has 6 heteroatoms. The molecule has 0 spiro atoms. The minimum absolute atomic E-state index is 0.0330. The van der Waals surface area contributed by atoms with Crippen molar-refractivity contribution in [3.63, 3.8) is 0 Å². The summed E-state index contributed by atoms with van der Waals surface area (Å²) in [6.07, 6.45) is 1.47. The lowest BCUT2D eigenvalue weighted by atomic mass is 9.99. The summed E-state index contributed by atoms with van der Waals surface area (Å²) in [7, 11) is 3.06. The van der Waals surface area contributed by atoms with Gasteiger partial charge >= 0.3 is 0 Å². The minimum atomic E-state index is -0.0344. The van der Waals surface area contributed by atoms with E-state index >= 15 is 0 Å². The molecule has 0 radical (unpaired) electrons. The SMILES string of the molecule is COc1cc(OC)c(NC(=O)C2CCOCC2)cc1Cl. The van der Waals surface area contributed by atoms with Gasteiger partial charge in [-0.15, -0.1) is 0 Å². The van der Waals surface area contributed by atoms with Crippen LogP contribution in [0.2, 0.25) is 5.02 Å². The molecule has 0 saturated carbocycles. The highest BCUT2D eigenvalue weighted by Gasteiger charge is 2.23. The largest absolute Gasteiger partial charge is 0.495 e. The first kappa shape index (κ1) is 14.9. The van der Waals surface area contributed by atoms with Crippen LogP contribution in [-0.2, 0) is 9.53 Å². The lowest BCUT2D eigenvalue weighted by Crippen LogP contribution is -2.28. The van der Waals surface area contributed by atoms with Gasteiger partial charge in [0.05, 0.1) is 24.9 Å². The fourth-order valence-electron chi connectivity index (χ4n) is 2.15. The molecule has 0 atom stereocenters. The van der Waals surface area contributed by atoms with E-state index in [1.807, 2.05) is 0 Å². The van der Waals surface area contributed by atoms with E-state index in [4.69, 9.17) is 25.8 Å². The summed E-state index contributed by atoms with van der Waals surface area (Å²) in [4.78, 5) is 12.2. The smallest absolute Gasteiger partial charge is 0.227 e. The Labute approximate surface area is 123 Å². The topological polar surface area (TPSA) is 56.8 Å². The second-order valence-corrected chi connectivity index (χ2v) is 4.97. The highest BCUT2D eigenvalue weighted by molar-refractivity contribution is 6.32. The lowest BCUT2D eigenvalue weighted by molar-refractivity contribution is -0.122. The number of carbonyl (C=O) groups is 1. The summed E-state index contributed by atoms with van der Waals surface area (Å²) in [5.41, 5.74) is 0.551. The maximum atomic E-state index is 12.2. The number of hydrogen-bond acceptors (Lipinski definition) is 4. The number of benzene rings is 1. The standard InChI is InChI=1S/C14H18ClNO4/c1-18-12-8-13(19-2)11(7-10(12)15)16-14(17)9-3-5-20-6-4-9/h7-9H,3-6H2,1-2H3,(H,16,17). The Kier molecular flexibility index (Phi) is 5.09. The normalized spacial score (nSPS) is 15.8. The Hall–Kier alpha value is -1.46.